The zero-order valence-corrected chi connectivity index (χ0v) is 14.9. The van der Waals surface area contributed by atoms with Gasteiger partial charge in [-0.05, 0) is 42.9 Å². The van der Waals surface area contributed by atoms with Crippen LogP contribution < -0.4 is 10.6 Å². The number of nitrogens with one attached hydrogen (secondary N) is 2. The second-order valence-electron chi connectivity index (χ2n) is 5.90. The highest BCUT2D eigenvalue weighted by Crippen LogP contribution is 2.09. The fourth-order valence-corrected chi connectivity index (χ4v) is 2.81. The summed E-state index contributed by atoms with van der Waals surface area (Å²) in [5.41, 5.74) is 0.612. The van der Waals surface area contributed by atoms with E-state index in [0.29, 0.717) is 12.2 Å². The molecule has 0 saturated carbocycles. The molecule has 1 saturated heterocycles. The molecule has 1 aliphatic heterocycles. The summed E-state index contributed by atoms with van der Waals surface area (Å²) >= 11 is 5.40. The van der Waals surface area contributed by atoms with Gasteiger partial charge in [0.15, 0.2) is 5.11 Å². The fraction of sp³-hybridized carbons (Fsp3) is 0.529. The number of carbonyl (C=O) groups excluding carboxylic acids is 1. The third kappa shape index (κ3) is 6.05. The highest BCUT2D eigenvalue weighted by Gasteiger charge is 2.20. The number of thiocarbonyl (C=S) groups is 1. The first-order valence-corrected chi connectivity index (χ1v) is 8.80. The lowest BCUT2D eigenvalue weighted by molar-refractivity contribution is -0.117. The molecule has 1 heterocycles. The second kappa shape index (κ2) is 9.54. The van der Waals surface area contributed by atoms with Gasteiger partial charge in [-0.15, -0.1) is 0 Å². The van der Waals surface area contributed by atoms with Crippen LogP contribution in [-0.2, 0) is 4.79 Å². The van der Waals surface area contributed by atoms with Crippen LogP contribution in [0.25, 0.3) is 0 Å². The van der Waals surface area contributed by atoms with Gasteiger partial charge in [-0.1, -0.05) is 13.3 Å². The molecule has 7 heteroatoms. The number of benzene rings is 1. The molecular formula is C17H25FN4OS. The number of hydrogen-bond donors (Lipinski definition) is 2. The largest absolute Gasteiger partial charge is 0.363 e. The summed E-state index contributed by atoms with van der Waals surface area (Å²) in [5.74, 6) is -0.397. The molecule has 0 aliphatic carbocycles. The molecule has 0 radical (unpaired) electrons. The summed E-state index contributed by atoms with van der Waals surface area (Å²) in [5, 5.41) is 6.87. The van der Waals surface area contributed by atoms with E-state index in [4.69, 9.17) is 12.2 Å². The molecule has 1 fully saturated rings. The minimum absolute atomic E-state index is 0.0845. The van der Waals surface area contributed by atoms with Crippen molar-refractivity contribution in [2.45, 2.75) is 19.8 Å². The van der Waals surface area contributed by atoms with Crippen molar-refractivity contribution in [2.75, 3.05) is 44.6 Å². The quantitative estimate of drug-likeness (QED) is 0.606. The maximum Gasteiger partial charge on any atom is 0.238 e. The topological polar surface area (TPSA) is 47.6 Å². The summed E-state index contributed by atoms with van der Waals surface area (Å²) in [7, 11) is 0. The Balaban J connectivity index is 1.69. The van der Waals surface area contributed by atoms with Crippen molar-refractivity contribution in [1.82, 2.24) is 15.1 Å². The molecule has 24 heavy (non-hydrogen) atoms. The van der Waals surface area contributed by atoms with Crippen molar-refractivity contribution >= 4 is 28.9 Å². The Kier molecular flexibility index (Phi) is 7.39. The van der Waals surface area contributed by atoms with Crippen LogP contribution in [0.1, 0.15) is 19.8 Å². The number of rotatable bonds is 6. The van der Waals surface area contributed by atoms with E-state index in [-0.39, 0.29) is 11.7 Å². The smallest absolute Gasteiger partial charge is 0.238 e. The van der Waals surface area contributed by atoms with Crippen molar-refractivity contribution in [3.8, 4) is 0 Å². The lowest BCUT2D eigenvalue weighted by atomic mass is 10.3. The van der Waals surface area contributed by atoms with Gasteiger partial charge >= 0.3 is 0 Å². The number of anilines is 1. The summed E-state index contributed by atoms with van der Waals surface area (Å²) in [6.07, 6.45) is 2.26. The Hall–Kier alpha value is -1.73. The average molecular weight is 352 g/mol. The summed E-state index contributed by atoms with van der Waals surface area (Å²) in [6, 6.07) is 5.79. The first-order valence-electron chi connectivity index (χ1n) is 8.39. The van der Waals surface area contributed by atoms with Gasteiger partial charge in [0, 0.05) is 38.4 Å². The van der Waals surface area contributed by atoms with E-state index in [0.717, 1.165) is 50.7 Å². The molecule has 0 aromatic heterocycles. The van der Waals surface area contributed by atoms with Crippen LogP contribution in [0, 0.1) is 5.82 Å². The Morgan fingerprint density at radius 1 is 1.21 bits per heavy atom. The molecule has 0 atom stereocenters. The highest BCUT2D eigenvalue weighted by atomic mass is 32.1. The van der Waals surface area contributed by atoms with E-state index in [9.17, 15) is 9.18 Å². The van der Waals surface area contributed by atoms with Crippen LogP contribution in [0.4, 0.5) is 10.1 Å². The predicted octanol–water partition coefficient (Wildman–Crippen LogP) is 2.06. The normalized spacial score (nSPS) is 15.2. The van der Waals surface area contributed by atoms with Crippen molar-refractivity contribution in [3.63, 3.8) is 0 Å². The summed E-state index contributed by atoms with van der Waals surface area (Å²) in [6.45, 7) is 6.64. The molecule has 1 aliphatic rings. The van der Waals surface area contributed by atoms with Crippen LogP contribution in [-0.4, -0.2) is 60.1 Å². The van der Waals surface area contributed by atoms with Gasteiger partial charge in [0.1, 0.15) is 5.82 Å². The first-order chi connectivity index (χ1) is 11.6. The zero-order chi connectivity index (χ0) is 17.4. The summed E-state index contributed by atoms with van der Waals surface area (Å²) in [4.78, 5) is 16.3. The van der Waals surface area contributed by atoms with Crippen LogP contribution in [0.2, 0.25) is 0 Å². The van der Waals surface area contributed by atoms with Gasteiger partial charge < -0.3 is 15.5 Å². The van der Waals surface area contributed by atoms with Gasteiger partial charge in [-0.2, -0.15) is 0 Å². The lowest BCUT2D eigenvalue weighted by Crippen LogP contribution is -2.53. The predicted molar refractivity (Wildman–Crippen MR) is 98.6 cm³/mol. The second-order valence-corrected chi connectivity index (χ2v) is 6.29. The molecule has 1 aromatic rings. The number of amides is 1. The Bertz CT molecular complexity index is 544. The van der Waals surface area contributed by atoms with E-state index in [1.807, 2.05) is 0 Å². The first kappa shape index (κ1) is 18.6. The van der Waals surface area contributed by atoms with E-state index in [1.54, 1.807) is 12.1 Å². The maximum atomic E-state index is 12.9. The SMILES string of the molecule is CCCCNC(=S)N1CCN(CC(=O)Nc2ccc(F)cc2)CC1. The standard InChI is InChI=1S/C17H25FN4OS/c1-2-3-8-19-17(24)22-11-9-21(10-12-22)13-16(23)20-15-6-4-14(18)5-7-15/h4-7H,2-3,8-13H2,1H3,(H,19,24)(H,20,23). The van der Waals surface area contributed by atoms with Crippen LogP contribution in [0.15, 0.2) is 24.3 Å². The van der Waals surface area contributed by atoms with Crippen LogP contribution in [0.5, 0.6) is 0 Å². The minimum atomic E-state index is -0.312. The van der Waals surface area contributed by atoms with Gasteiger partial charge in [0.25, 0.3) is 0 Å². The number of piperazine rings is 1. The molecule has 0 spiro atoms. The van der Waals surface area contributed by atoms with E-state index < -0.39 is 0 Å². The van der Waals surface area contributed by atoms with E-state index in [2.05, 4.69) is 27.4 Å². The average Bonchev–Trinajstić information content (AvgIpc) is 2.58. The molecule has 2 rings (SSSR count). The zero-order valence-electron chi connectivity index (χ0n) is 14.1. The van der Waals surface area contributed by atoms with Gasteiger partial charge in [0.2, 0.25) is 5.91 Å². The number of carbonyl (C=O) groups is 1. The number of unbranched alkanes of at least 4 members (excludes halogenated alkanes) is 1. The molecule has 5 nitrogen and oxygen atoms in total. The Morgan fingerprint density at radius 3 is 2.50 bits per heavy atom. The molecule has 132 valence electrons. The minimum Gasteiger partial charge on any atom is -0.363 e. The van der Waals surface area contributed by atoms with E-state index >= 15 is 0 Å². The lowest BCUT2D eigenvalue weighted by Gasteiger charge is -2.35. The third-order valence-electron chi connectivity index (χ3n) is 3.96. The molecule has 1 aromatic carbocycles. The molecule has 0 bridgehead atoms. The number of halogens is 1. The van der Waals surface area contributed by atoms with Crippen molar-refractivity contribution in [3.05, 3.63) is 30.1 Å². The molecule has 2 N–H and O–H groups in total. The molecule has 0 unspecified atom stereocenters. The molecule has 1 amide bonds. The maximum absolute atomic E-state index is 12.9. The van der Waals surface area contributed by atoms with Crippen LogP contribution >= 0.6 is 12.2 Å². The van der Waals surface area contributed by atoms with Gasteiger partial charge in [0.05, 0.1) is 6.54 Å². The van der Waals surface area contributed by atoms with E-state index in [1.165, 1.54) is 12.1 Å². The van der Waals surface area contributed by atoms with Crippen molar-refractivity contribution in [1.29, 1.82) is 0 Å². The highest BCUT2D eigenvalue weighted by molar-refractivity contribution is 7.80. The van der Waals surface area contributed by atoms with Crippen molar-refractivity contribution < 1.29 is 9.18 Å². The third-order valence-corrected chi connectivity index (χ3v) is 4.36. The fourth-order valence-electron chi connectivity index (χ4n) is 2.53. The van der Waals surface area contributed by atoms with Gasteiger partial charge in [-0.25, -0.2) is 4.39 Å². The monoisotopic (exact) mass is 352 g/mol. The Morgan fingerprint density at radius 2 is 1.88 bits per heavy atom. The Labute approximate surface area is 148 Å². The van der Waals surface area contributed by atoms with Crippen LogP contribution in [0.3, 0.4) is 0 Å². The van der Waals surface area contributed by atoms with Gasteiger partial charge in [-0.3, -0.25) is 9.69 Å². The molecular weight excluding hydrogens is 327 g/mol. The summed E-state index contributed by atoms with van der Waals surface area (Å²) < 4.78 is 12.9. The number of hydrogen-bond acceptors (Lipinski definition) is 3. The number of nitrogens with zero attached hydrogens (tertiary/aromatic N) is 2. The van der Waals surface area contributed by atoms with Crippen molar-refractivity contribution in [2.24, 2.45) is 0 Å².